The molecule has 3 nitrogen and oxygen atoms in total. The molecular formula is C13H20N2O. The number of hydrogen-bond donors (Lipinski definition) is 1. The maximum atomic E-state index is 9.85. The summed E-state index contributed by atoms with van der Waals surface area (Å²) in [4.78, 5) is 8.29. The van der Waals surface area contributed by atoms with E-state index < -0.39 is 6.10 Å². The largest absolute Gasteiger partial charge is 0.387 e. The van der Waals surface area contributed by atoms with Crippen LogP contribution in [0.25, 0.3) is 0 Å². The Morgan fingerprint density at radius 3 is 2.75 bits per heavy atom. The first kappa shape index (κ1) is 12.8. The lowest BCUT2D eigenvalue weighted by atomic mass is 10.1. The number of aryl methyl sites for hydroxylation is 1. The van der Waals surface area contributed by atoms with E-state index in [0.29, 0.717) is 5.69 Å². The SMILES string of the molecule is C=CCCCCCC(O)c1cnc(C)cn1. The Morgan fingerprint density at radius 2 is 2.12 bits per heavy atom. The summed E-state index contributed by atoms with van der Waals surface area (Å²) in [6.45, 7) is 5.57. The molecule has 0 aromatic carbocycles. The predicted molar refractivity (Wildman–Crippen MR) is 65.0 cm³/mol. The fourth-order valence-electron chi connectivity index (χ4n) is 1.53. The summed E-state index contributed by atoms with van der Waals surface area (Å²) in [5, 5.41) is 9.85. The smallest absolute Gasteiger partial charge is 0.0975 e. The van der Waals surface area contributed by atoms with E-state index in [0.717, 1.165) is 37.8 Å². The number of rotatable bonds is 7. The maximum absolute atomic E-state index is 9.85. The van der Waals surface area contributed by atoms with Gasteiger partial charge in [0.25, 0.3) is 0 Å². The molecule has 1 N–H and O–H groups in total. The molecule has 1 aromatic rings. The Bertz CT molecular complexity index is 308. The molecule has 1 atom stereocenters. The molecule has 0 saturated heterocycles. The van der Waals surface area contributed by atoms with Gasteiger partial charge in [-0.1, -0.05) is 18.9 Å². The second kappa shape index (κ2) is 7.12. The van der Waals surface area contributed by atoms with Gasteiger partial charge in [0.1, 0.15) is 0 Å². The maximum Gasteiger partial charge on any atom is 0.0975 e. The van der Waals surface area contributed by atoms with Crippen molar-refractivity contribution in [1.82, 2.24) is 9.97 Å². The Balaban J connectivity index is 2.26. The van der Waals surface area contributed by atoms with E-state index in [1.54, 1.807) is 12.4 Å². The first-order valence-electron chi connectivity index (χ1n) is 5.81. The number of aliphatic hydroxyl groups excluding tert-OH is 1. The normalized spacial score (nSPS) is 12.4. The van der Waals surface area contributed by atoms with Crippen LogP contribution >= 0.6 is 0 Å². The molecule has 16 heavy (non-hydrogen) atoms. The number of nitrogens with zero attached hydrogens (tertiary/aromatic N) is 2. The molecule has 1 aromatic heterocycles. The average Bonchev–Trinajstić information content (AvgIpc) is 2.29. The van der Waals surface area contributed by atoms with E-state index in [2.05, 4.69) is 16.5 Å². The first-order valence-corrected chi connectivity index (χ1v) is 5.81. The van der Waals surface area contributed by atoms with Gasteiger partial charge in [0.2, 0.25) is 0 Å². The minimum absolute atomic E-state index is 0.475. The third-order valence-electron chi connectivity index (χ3n) is 2.53. The van der Waals surface area contributed by atoms with Crippen molar-refractivity contribution in [3.05, 3.63) is 36.4 Å². The van der Waals surface area contributed by atoms with Crippen LogP contribution < -0.4 is 0 Å². The van der Waals surface area contributed by atoms with Crippen LogP contribution in [-0.2, 0) is 0 Å². The van der Waals surface area contributed by atoms with Crippen molar-refractivity contribution in [3.8, 4) is 0 Å². The molecule has 0 amide bonds. The van der Waals surface area contributed by atoms with Crippen molar-refractivity contribution in [2.75, 3.05) is 0 Å². The van der Waals surface area contributed by atoms with Crippen LogP contribution in [-0.4, -0.2) is 15.1 Å². The highest BCUT2D eigenvalue weighted by atomic mass is 16.3. The highest BCUT2D eigenvalue weighted by Crippen LogP contribution is 2.17. The third kappa shape index (κ3) is 4.53. The molecule has 0 aliphatic carbocycles. The molecule has 0 aliphatic rings. The zero-order valence-corrected chi connectivity index (χ0v) is 9.89. The lowest BCUT2D eigenvalue weighted by Crippen LogP contribution is -2.01. The van der Waals surface area contributed by atoms with E-state index in [9.17, 15) is 5.11 Å². The van der Waals surface area contributed by atoms with Gasteiger partial charge in [-0.15, -0.1) is 6.58 Å². The van der Waals surface area contributed by atoms with Gasteiger partial charge in [-0.3, -0.25) is 9.97 Å². The summed E-state index contributed by atoms with van der Waals surface area (Å²) in [7, 11) is 0. The molecule has 3 heteroatoms. The van der Waals surface area contributed by atoms with Crippen molar-refractivity contribution in [2.24, 2.45) is 0 Å². The molecule has 0 bridgehead atoms. The number of aliphatic hydroxyl groups is 1. The molecule has 1 unspecified atom stereocenters. The minimum Gasteiger partial charge on any atom is -0.387 e. The molecule has 1 rings (SSSR count). The van der Waals surface area contributed by atoms with Gasteiger partial charge in [-0.2, -0.15) is 0 Å². The van der Waals surface area contributed by atoms with Crippen LogP contribution in [0.5, 0.6) is 0 Å². The number of unbranched alkanes of at least 4 members (excludes halogenated alkanes) is 3. The van der Waals surface area contributed by atoms with E-state index in [1.807, 2.05) is 13.0 Å². The van der Waals surface area contributed by atoms with Crippen molar-refractivity contribution in [3.63, 3.8) is 0 Å². The lowest BCUT2D eigenvalue weighted by Gasteiger charge is -2.09. The topological polar surface area (TPSA) is 46.0 Å². The summed E-state index contributed by atoms with van der Waals surface area (Å²) >= 11 is 0. The Morgan fingerprint density at radius 1 is 1.31 bits per heavy atom. The second-order valence-corrected chi connectivity index (χ2v) is 4.03. The molecule has 1 heterocycles. The number of aromatic nitrogens is 2. The average molecular weight is 220 g/mol. The Hall–Kier alpha value is -1.22. The highest BCUT2D eigenvalue weighted by Gasteiger charge is 2.08. The van der Waals surface area contributed by atoms with Crippen LogP contribution in [0.15, 0.2) is 25.0 Å². The second-order valence-electron chi connectivity index (χ2n) is 4.03. The lowest BCUT2D eigenvalue weighted by molar-refractivity contribution is 0.158. The summed E-state index contributed by atoms with van der Waals surface area (Å²) in [5.41, 5.74) is 1.55. The molecule has 0 fully saturated rings. The zero-order valence-electron chi connectivity index (χ0n) is 9.89. The molecule has 0 aliphatic heterocycles. The van der Waals surface area contributed by atoms with Gasteiger partial charge >= 0.3 is 0 Å². The number of allylic oxidation sites excluding steroid dienone is 1. The van der Waals surface area contributed by atoms with Crippen LogP contribution in [0.4, 0.5) is 0 Å². The Kier molecular flexibility index (Phi) is 5.72. The molecule has 88 valence electrons. The van der Waals surface area contributed by atoms with Gasteiger partial charge in [-0.05, 0) is 26.2 Å². The summed E-state index contributed by atoms with van der Waals surface area (Å²) in [6.07, 6.45) is 9.91. The van der Waals surface area contributed by atoms with Gasteiger partial charge < -0.3 is 5.11 Å². The van der Waals surface area contributed by atoms with Crippen molar-refractivity contribution >= 4 is 0 Å². The van der Waals surface area contributed by atoms with E-state index in [-0.39, 0.29) is 0 Å². The van der Waals surface area contributed by atoms with Crippen LogP contribution in [0, 0.1) is 6.92 Å². The standard InChI is InChI=1S/C13H20N2O/c1-3-4-5-6-7-8-13(16)12-10-14-11(2)9-15-12/h3,9-10,13,16H,1,4-8H2,2H3. The minimum atomic E-state index is -0.475. The van der Waals surface area contributed by atoms with Crippen LogP contribution in [0.3, 0.4) is 0 Å². The fraction of sp³-hybridized carbons (Fsp3) is 0.538. The van der Waals surface area contributed by atoms with Gasteiger partial charge in [-0.25, -0.2) is 0 Å². The summed E-state index contributed by atoms with van der Waals surface area (Å²) in [5.74, 6) is 0. The molecular weight excluding hydrogens is 200 g/mol. The quantitative estimate of drug-likeness (QED) is 0.567. The Labute approximate surface area is 97.3 Å². The molecule has 0 saturated carbocycles. The number of hydrogen-bond acceptors (Lipinski definition) is 3. The van der Waals surface area contributed by atoms with Crippen molar-refractivity contribution in [1.29, 1.82) is 0 Å². The first-order chi connectivity index (χ1) is 7.74. The molecule has 0 radical (unpaired) electrons. The van der Waals surface area contributed by atoms with E-state index in [1.165, 1.54) is 0 Å². The predicted octanol–water partition coefficient (Wildman–Crippen LogP) is 2.95. The van der Waals surface area contributed by atoms with Crippen molar-refractivity contribution in [2.45, 2.75) is 45.1 Å². The van der Waals surface area contributed by atoms with Gasteiger partial charge in [0.05, 0.1) is 23.7 Å². The van der Waals surface area contributed by atoms with E-state index in [4.69, 9.17) is 0 Å². The summed E-state index contributed by atoms with van der Waals surface area (Å²) < 4.78 is 0. The molecule has 0 spiro atoms. The monoisotopic (exact) mass is 220 g/mol. The van der Waals surface area contributed by atoms with Crippen LogP contribution in [0.2, 0.25) is 0 Å². The zero-order chi connectivity index (χ0) is 11.8. The summed E-state index contributed by atoms with van der Waals surface area (Å²) in [6, 6.07) is 0. The van der Waals surface area contributed by atoms with E-state index >= 15 is 0 Å². The van der Waals surface area contributed by atoms with Crippen LogP contribution in [0.1, 0.15) is 49.6 Å². The fourth-order valence-corrected chi connectivity index (χ4v) is 1.53. The highest BCUT2D eigenvalue weighted by molar-refractivity contribution is 5.03. The van der Waals surface area contributed by atoms with Gasteiger partial charge in [0.15, 0.2) is 0 Å². The van der Waals surface area contributed by atoms with Gasteiger partial charge in [0, 0.05) is 6.20 Å². The third-order valence-corrected chi connectivity index (χ3v) is 2.53. The van der Waals surface area contributed by atoms with Crippen molar-refractivity contribution < 1.29 is 5.11 Å².